The molecular weight excluding hydrogens is 384 g/mol. The molecule has 24 heavy (non-hydrogen) atoms. The van der Waals surface area contributed by atoms with E-state index in [0.29, 0.717) is 6.54 Å². The van der Waals surface area contributed by atoms with E-state index in [1.54, 1.807) is 11.3 Å². The van der Waals surface area contributed by atoms with Gasteiger partial charge in [-0.15, -0.1) is 11.3 Å². The van der Waals surface area contributed by atoms with Gasteiger partial charge in [0.1, 0.15) is 5.01 Å². The van der Waals surface area contributed by atoms with Crippen molar-refractivity contribution in [3.63, 3.8) is 0 Å². The minimum absolute atomic E-state index is 0.230. The smallest absolute Gasteiger partial charge is 0.191 e. The molecule has 1 fully saturated rings. The van der Waals surface area contributed by atoms with Gasteiger partial charge in [-0.1, -0.05) is 34.1 Å². The van der Waals surface area contributed by atoms with E-state index in [4.69, 9.17) is 0 Å². The van der Waals surface area contributed by atoms with Crippen LogP contribution >= 0.6 is 27.3 Å². The molecule has 0 saturated heterocycles. The van der Waals surface area contributed by atoms with E-state index in [2.05, 4.69) is 74.7 Å². The fraction of sp³-hybridized carbons (Fsp3) is 0.444. The standard InChI is InChI=1S/C18H23BrN4S/c1-3-20-17(22-11-16-21-10-13(2)24-16)23-12-18(8-9-18)14-6-4-5-7-15(14)19/h4-7,10H,3,8-9,11-12H2,1-2H3,(H2,20,22,23). The lowest BCUT2D eigenvalue weighted by Crippen LogP contribution is -2.41. The predicted octanol–water partition coefficient (Wildman–Crippen LogP) is 4.00. The van der Waals surface area contributed by atoms with Crippen LogP contribution in [0.15, 0.2) is 39.9 Å². The monoisotopic (exact) mass is 406 g/mol. The van der Waals surface area contributed by atoms with Crippen LogP contribution in [-0.2, 0) is 12.0 Å². The van der Waals surface area contributed by atoms with Crippen LogP contribution in [0.1, 0.15) is 35.2 Å². The van der Waals surface area contributed by atoms with Crippen molar-refractivity contribution in [2.24, 2.45) is 4.99 Å². The molecule has 0 bridgehead atoms. The largest absolute Gasteiger partial charge is 0.357 e. The summed E-state index contributed by atoms with van der Waals surface area (Å²) in [5.41, 5.74) is 1.62. The molecule has 0 spiro atoms. The number of nitrogens with zero attached hydrogens (tertiary/aromatic N) is 2. The molecule has 2 aromatic rings. The first kappa shape index (κ1) is 17.4. The second kappa shape index (κ2) is 7.66. The number of aliphatic imine (C=N–C) groups is 1. The average molecular weight is 407 g/mol. The number of thiazole rings is 1. The molecule has 1 saturated carbocycles. The second-order valence-corrected chi connectivity index (χ2v) is 8.35. The summed E-state index contributed by atoms with van der Waals surface area (Å²) >= 11 is 5.40. The van der Waals surface area contributed by atoms with E-state index in [-0.39, 0.29) is 5.41 Å². The topological polar surface area (TPSA) is 49.3 Å². The highest BCUT2D eigenvalue weighted by molar-refractivity contribution is 9.10. The third-order valence-electron chi connectivity index (χ3n) is 4.28. The van der Waals surface area contributed by atoms with Crippen LogP contribution in [-0.4, -0.2) is 24.0 Å². The Morgan fingerprint density at radius 3 is 2.75 bits per heavy atom. The molecular formula is C18H23BrN4S. The number of hydrogen-bond donors (Lipinski definition) is 2. The fourth-order valence-electron chi connectivity index (χ4n) is 2.80. The normalized spacial score (nSPS) is 16.0. The van der Waals surface area contributed by atoms with E-state index >= 15 is 0 Å². The van der Waals surface area contributed by atoms with Crippen LogP contribution in [0.5, 0.6) is 0 Å². The Kier molecular flexibility index (Phi) is 5.56. The van der Waals surface area contributed by atoms with Gasteiger partial charge in [-0.25, -0.2) is 9.98 Å². The van der Waals surface area contributed by atoms with Gasteiger partial charge in [-0.3, -0.25) is 0 Å². The summed E-state index contributed by atoms with van der Waals surface area (Å²) in [6, 6.07) is 8.53. The number of nitrogens with one attached hydrogen (secondary N) is 2. The zero-order valence-corrected chi connectivity index (χ0v) is 16.5. The Morgan fingerprint density at radius 2 is 2.12 bits per heavy atom. The highest BCUT2D eigenvalue weighted by Crippen LogP contribution is 2.49. The van der Waals surface area contributed by atoms with Gasteiger partial charge in [-0.2, -0.15) is 0 Å². The Labute approximate surface area is 155 Å². The predicted molar refractivity (Wildman–Crippen MR) is 105 cm³/mol. The van der Waals surface area contributed by atoms with Crippen LogP contribution in [0.2, 0.25) is 0 Å². The molecule has 1 aliphatic rings. The summed E-state index contributed by atoms with van der Waals surface area (Å²) in [7, 11) is 0. The highest BCUT2D eigenvalue weighted by atomic mass is 79.9. The molecule has 6 heteroatoms. The third-order valence-corrected chi connectivity index (χ3v) is 5.87. The van der Waals surface area contributed by atoms with Crippen molar-refractivity contribution in [2.45, 2.75) is 38.6 Å². The summed E-state index contributed by atoms with van der Waals surface area (Å²) in [6.45, 7) is 6.54. The zero-order valence-electron chi connectivity index (χ0n) is 14.1. The van der Waals surface area contributed by atoms with Gasteiger partial charge in [0.05, 0.1) is 6.54 Å². The van der Waals surface area contributed by atoms with E-state index < -0.39 is 0 Å². The summed E-state index contributed by atoms with van der Waals surface area (Å²) < 4.78 is 1.20. The van der Waals surface area contributed by atoms with Crippen molar-refractivity contribution in [3.8, 4) is 0 Å². The number of hydrogen-bond acceptors (Lipinski definition) is 3. The number of rotatable bonds is 6. The summed E-state index contributed by atoms with van der Waals surface area (Å²) in [5.74, 6) is 0.865. The van der Waals surface area contributed by atoms with Gasteiger partial charge in [0, 0.05) is 34.1 Å². The molecule has 3 rings (SSSR count). The lowest BCUT2D eigenvalue weighted by atomic mass is 9.96. The minimum Gasteiger partial charge on any atom is -0.357 e. The fourth-order valence-corrected chi connectivity index (χ4v) is 4.22. The quantitative estimate of drug-likeness (QED) is 0.562. The van der Waals surface area contributed by atoms with Crippen molar-refractivity contribution in [3.05, 3.63) is 50.4 Å². The van der Waals surface area contributed by atoms with Gasteiger partial charge >= 0.3 is 0 Å². The number of aryl methyl sites for hydroxylation is 1. The van der Waals surface area contributed by atoms with Gasteiger partial charge < -0.3 is 10.6 Å². The summed E-state index contributed by atoms with van der Waals surface area (Å²) in [6.07, 6.45) is 4.34. The number of halogens is 1. The molecule has 0 amide bonds. The molecule has 4 nitrogen and oxygen atoms in total. The third kappa shape index (κ3) is 4.16. The second-order valence-electron chi connectivity index (χ2n) is 6.17. The van der Waals surface area contributed by atoms with Crippen LogP contribution in [0.3, 0.4) is 0 Å². The van der Waals surface area contributed by atoms with Crippen molar-refractivity contribution in [1.29, 1.82) is 0 Å². The number of aromatic nitrogens is 1. The van der Waals surface area contributed by atoms with Crippen molar-refractivity contribution in [1.82, 2.24) is 15.6 Å². The lowest BCUT2D eigenvalue weighted by Gasteiger charge is -2.20. The van der Waals surface area contributed by atoms with E-state index in [1.165, 1.54) is 27.8 Å². The Balaban J connectivity index is 1.65. The maximum absolute atomic E-state index is 4.67. The van der Waals surface area contributed by atoms with Gasteiger partial charge in [0.15, 0.2) is 5.96 Å². The van der Waals surface area contributed by atoms with E-state index in [9.17, 15) is 0 Å². The molecule has 2 N–H and O–H groups in total. The van der Waals surface area contributed by atoms with Gasteiger partial charge in [0.25, 0.3) is 0 Å². The van der Waals surface area contributed by atoms with E-state index in [0.717, 1.165) is 24.1 Å². The molecule has 128 valence electrons. The van der Waals surface area contributed by atoms with Crippen LogP contribution in [0.25, 0.3) is 0 Å². The summed E-state index contributed by atoms with van der Waals surface area (Å²) in [4.78, 5) is 10.3. The Morgan fingerprint density at radius 1 is 1.33 bits per heavy atom. The molecule has 1 aromatic heterocycles. The van der Waals surface area contributed by atoms with Gasteiger partial charge in [0.2, 0.25) is 0 Å². The summed E-state index contributed by atoms with van der Waals surface area (Å²) in [5, 5.41) is 7.90. The number of benzene rings is 1. The maximum atomic E-state index is 4.67. The first-order valence-electron chi connectivity index (χ1n) is 8.31. The highest BCUT2D eigenvalue weighted by Gasteiger charge is 2.45. The Bertz CT molecular complexity index is 721. The first-order valence-corrected chi connectivity index (χ1v) is 9.92. The van der Waals surface area contributed by atoms with Crippen LogP contribution < -0.4 is 10.6 Å². The van der Waals surface area contributed by atoms with Crippen LogP contribution in [0.4, 0.5) is 0 Å². The first-order chi connectivity index (χ1) is 11.6. The molecule has 1 heterocycles. The minimum atomic E-state index is 0.230. The van der Waals surface area contributed by atoms with E-state index in [1.807, 2.05) is 6.20 Å². The number of guanidine groups is 1. The average Bonchev–Trinajstić information content (AvgIpc) is 3.25. The molecule has 0 unspecified atom stereocenters. The van der Waals surface area contributed by atoms with Crippen LogP contribution in [0, 0.1) is 6.92 Å². The van der Waals surface area contributed by atoms with Gasteiger partial charge in [-0.05, 0) is 38.3 Å². The Hall–Kier alpha value is -1.40. The zero-order chi connectivity index (χ0) is 17.0. The molecule has 0 atom stereocenters. The lowest BCUT2D eigenvalue weighted by molar-refractivity contribution is 0.643. The van der Waals surface area contributed by atoms with Crippen molar-refractivity contribution >= 4 is 33.2 Å². The van der Waals surface area contributed by atoms with Crippen molar-refractivity contribution < 1.29 is 0 Å². The van der Waals surface area contributed by atoms with Crippen molar-refractivity contribution in [2.75, 3.05) is 13.1 Å². The molecule has 1 aromatic carbocycles. The maximum Gasteiger partial charge on any atom is 0.191 e. The SMILES string of the molecule is CCNC(=NCc1ncc(C)s1)NCC1(c2ccccc2Br)CC1. The molecule has 0 aliphatic heterocycles. The molecule has 0 radical (unpaired) electrons. The molecule has 1 aliphatic carbocycles.